The Hall–Kier alpha value is -1.77. The molecule has 0 radical (unpaired) electrons. The number of rotatable bonds is 4. The molecule has 2 bridgehead atoms. The summed E-state index contributed by atoms with van der Waals surface area (Å²) < 4.78 is 0. The number of fused-ring (bicyclic) bond motifs is 3. The van der Waals surface area contributed by atoms with Gasteiger partial charge in [-0.25, -0.2) is 0 Å². The minimum atomic E-state index is 0.294. The Morgan fingerprint density at radius 1 is 1.24 bits per heavy atom. The number of benzene rings is 1. The number of nitrogens with one attached hydrogen (secondary N) is 2. The standard InChI is InChI=1S/C18H22N2O/c21-18(16-10-12-5-6-13(16)9-12)19-8-7-14-11-20-17-4-2-1-3-15(14)17/h1-4,11-13,16,20H,5-10H2,(H,19,21)/t12-,13-,16-/m0/s1. The summed E-state index contributed by atoms with van der Waals surface area (Å²) in [6, 6.07) is 8.33. The van der Waals surface area contributed by atoms with Gasteiger partial charge in [0, 0.05) is 29.6 Å². The molecule has 0 unspecified atom stereocenters. The van der Waals surface area contributed by atoms with Crippen LogP contribution in [0.15, 0.2) is 30.5 Å². The van der Waals surface area contributed by atoms with E-state index in [4.69, 9.17) is 0 Å². The summed E-state index contributed by atoms with van der Waals surface area (Å²) in [6.45, 7) is 0.745. The molecule has 2 aromatic rings. The van der Waals surface area contributed by atoms with Crippen LogP contribution in [0.4, 0.5) is 0 Å². The lowest BCUT2D eigenvalue weighted by atomic mass is 9.88. The van der Waals surface area contributed by atoms with Crippen molar-refractivity contribution in [3.63, 3.8) is 0 Å². The number of para-hydroxylation sites is 1. The second-order valence-corrected chi connectivity index (χ2v) is 6.68. The van der Waals surface area contributed by atoms with Crippen LogP contribution in [0.3, 0.4) is 0 Å². The van der Waals surface area contributed by atoms with Gasteiger partial charge in [-0.15, -0.1) is 0 Å². The van der Waals surface area contributed by atoms with E-state index in [1.807, 2.05) is 6.07 Å². The molecule has 3 nitrogen and oxygen atoms in total. The summed E-state index contributed by atoms with van der Waals surface area (Å²) in [5.74, 6) is 2.09. The van der Waals surface area contributed by atoms with Crippen LogP contribution in [0, 0.1) is 17.8 Å². The summed E-state index contributed by atoms with van der Waals surface area (Å²) in [5.41, 5.74) is 2.46. The van der Waals surface area contributed by atoms with E-state index in [-0.39, 0.29) is 0 Å². The predicted molar refractivity (Wildman–Crippen MR) is 84.0 cm³/mol. The summed E-state index contributed by atoms with van der Waals surface area (Å²) >= 11 is 0. The maximum absolute atomic E-state index is 12.3. The zero-order valence-corrected chi connectivity index (χ0v) is 12.3. The molecule has 3 heteroatoms. The van der Waals surface area contributed by atoms with Gasteiger partial charge in [-0.2, -0.15) is 0 Å². The van der Waals surface area contributed by atoms with Gasteiger partial charge in [0.2, 0.25) is 5.91 Å². The maximum Gasteiger partial charge on any atom is 0.223 e. The fourth-order valence-corrected chi connectivity index (χ4v) is 4.36. The largest absolute Gasteiger partial charge is 0.361 e. The van der Waals surface area contributed by atoms with Crippen LogP contribution in [0.25, 0.3) is 10.9 Å². The summed E-state index contributed by atoms with van der Waals surface area (Å²) in [4.78, 5) is 15.6. The van der Waals surface area contributed by atoms with Crippen molar-refractivity contribution in [2.75, 3.05) is 6.54 Å². The van der Waals surface area contributed by atoms with Crippen molar-refractivity contribution in [3.05, 3.63) is 36.0 Å². The average Bonchev–Trinajstić information content (AvgIpc) is 3.22. The quantitative estimate of drug-likeness (QED) is 0.888. The van der Waals surface area contributed by atoms with Crippen molar-refractivity contribution >= 4 is 16.8 Å². The van der Waals surface area contributed by atoms with Crippen molar-refractivity contribution in [3.8, 4) is 0 Å². The summed E-state index contributed by atoms with van der Waals surface area (Å²) in [5, 5.41) is 4.43. The van der Waals surface area contributed by atoms with Gasteiger partial charge in [-0.3, -0.25) is 4.79 Å². The van der Waals surface area contributed by atoms with Crippen LogP contribution in [-0.2, 0) is 11.2 Å². The highest BCUT2D eigenvalue weighted by Crippen LogP contribution is 2.48. The van der Waals surface area contributed by atoms with E-state index < -0.39 is 0 Å². The normalized spacial score (nSPS) is 27.3. The predicted octanol–water partition coefficient (Wildman–Crippen LogP) is 3.26. The molecule has 110 valence electrons. The van der Waals surface area contributed by atoms with E-state index in [0.717, 1.165) is 25.3 Å². The molecule has 0 saturated heterocycles. The Morgan fingerprint density at radius 3 is 2.95 bits per heavy atom. The number of aromatic nitrogens is 1. The van der Waals surface area contributed by atoms with Crippen molar-refractivity contribution in [1.82, 2.24) is 10.3 Å². The first-order valence-electron chi connectivity index (χ1n) is 8.14. The van der Waals surface area contributed by atoms with Crippen LogP contribution in [0.1, 0.15) is 31.2 Å². The third-order valence-corrected chi connectivity index (χ3v) is 5.44. The molecule has 2 aliphatic rings. The summed E-state index contributed by atoms with van der Waals surface area (Å²) in [6.07, 6.45) is 8.00. The van der Waals surface area contributed by atoms with E-state index in [0.29, 0.717) is 17.7 Å². The number of carbonyl (C=O) groups excluding carboxylic acids is 1. The molecule has 1 heterocycles. The first-order chi connectivity index (χ1) is 10.3. The van der Waals surface area contributed by atoms with Gasteiger partial charge in [0.05, 0.1) is 0 Å². The van der Waals surface area contributed by atoms with Crippen molar-refractivity contribution in [2.24, 2.45) is 17.8 Å². The van der Waals surface area contributed by atoms with Gasteiger partial charge in [0.1, 0.15) is 0 Å². The van der Waals surface area contributed by atoms with Gasteiger partial charge in [0.15, 0.2) is 0 Å². The monoisotopic (exact) mass is 282 g/mol. The SMILES string of the molecule is O=C(NCCc1c[nH]c2ccccc12)[C@H]1C[C@H]2CC[C@H]1C2. The molecular weight excluding hydrogens is 260 g/mol. The van der Waals surface area contributed by atoms with Gasteiger partial charge < -0.3 is 10.3 Å². The van der Waals surface area contributed by atoms with E-state index >= 15 is 0 Å². The van der Waals surface area contributed by atoms with Crippen LogP contribution in [-0.4, -0.2) is 17.4 Å². The fraction of sp³-hybridized carbons (Fsp3) is 0.500. The summed E-state index contributed by atoms with van der Waals surface area (Å²) in [7, 11) is 0. The van der Waals surface area contributed by atoms with Gasteiger partial charge >= 0.3 is 0 Å². The lowest BCUT2D eigenvalue weighted by Gasteiger charge is -2.20. The van der Waals surface area contributed by atoms with E-state index in [1.165, 1.54) is 35.7 Å². The lowest BCUT2D eigenvalue weighted by molar-refractivity contribution is -0.126. The van der Waals surface area contributed by atoms with Gasteiger partial charge in [0.25, 0.3) is 0 Å². The Labute approximate surface area is 125 Å². The molecule has 2 N–H and O–H groups in total. The molecule has 2 aliphatic carbocycles. The second kappa shape index (κ2) is 5.21. The molecule has 21 heavy (non-hydrogen) atoms. The Kier molecular flexibility index (Phi) is 3.21. The van der Waals surface area contributed by atoms with E-state index in [1.54, 1.807) is 0 Å². The molecule has 1 amide bonds. The first-order valence-corrected chi connectivity index (χ1v) is 8.14. The Balaban J connectivity index is 1.34. The van der Waals surface area contributed by atoms with Crippen molar-refractivity contribution in [1.29, 1.82) is 0 Å². The smallest absolute Gasteiger partial charge is 0.223 e. The zero-order chi connectivity index (χ0) is 14.2. The third kappa shape index (κ3) is 2.35. The lowest BCUT2D eigenvalue weighted by Crippen LogP contribution is -2.34. The molecule has 2 saturated carbocycles. The first kappa shape index (κ1) is 12.9. The molecule has 0 spiro atoms. The number of aromatic amines is 1. The topological polar surface area (TPSA) is 44.9 Å². The van der Waals surface area contributed by atoms with E-state index in [2.05, 4.69) is 34.7 Å². The fourth-order valence-electron chi connectivity index (χ4n) is 4.36. The van der Waals surface area contributed by atoms with Crippen LogP contribution in [0.2, 0.25) is 0 Å². The molecule has 1 aromatic heterocycles. The van der Waals surface area contributed by atoms with Crippen LogP contribution < -0.4 is 5.32 Å². The highest BCUT2D eigenvalue weighted by molar-refractivity contribution is 5.83. The van der Waals surface area contributed by atoms with E-state index in [9.17, 15) is 4.79 Å². The number of hydrogen-bond donors (Lipinski definition) is 2. The Morgan fingerprint density at radius 2 is 2.14 bits per heavy atom. The van der Waals surface area contributed by atoms with Crippen LogP contribution in [0.5, 0.6) is 0 Å². The number of hydrogen-bond acceptors (Lipinski definition) is 1. The Bertz CT molecular complexity index is 660. The highest BCUT2D eigenvalue weighted by atomic mass is 16.1. The zero-order valence-electron chi connectivity index (χ0n) is 12.3. The molecule has 2 fully saturated rings. The number of amides is 1. The highest BCUT2D eigenvalue weighted by Gasteiger charge is 2.42. The molecule has 3 atom stereocenters. The van der Waals surface area contributed by atoms with Crippen molar-refractivity contribution in [2.45, 2.75) is 32.1 Å². The molecule has 4 rings (SSSR count). The van der Waals surface area contributed by atoms with Crippen molar-refractivity contribution < 1.29 is 4.79 Å². The second-order valence-electron chi connectivity index (χ2n) is 6.68. The average molecular weight is 282 g/mol. The molecule has 1 aromatic carbocycles. The minimum Gasteiger partial charge on any atom is -0.361 e. The molecule has 0 aliphatic heterocycles. The van der Waals surface area contributed by atoms with Gasteiger partial charge in [-0.1, -0.05) is 24.6 Å². The minimum absolute atomic E-state index is 0.294. The van der Waals surface area contributed by atoms with Gasteiger partial charge in [-0.05, 0) is 49.1 Å². The third-order valence-electron chi connectivity index (χ3n) is 5.44. The maximum atomic E-state index is 12.3. The number of H-pyrrole nitrogens is 1. The van der Waals surface area contributed by atoms with Crippen LogP contribution >= 0.6 is 0 Å². The number of carbonyl (C=O) groups is 1. The molecular formula is C18H22N2O.